The van der Waals surface area contributed by atoms with Crippen LogP contribution >= 0.6 is 11.6 Å². The van der Waals surface area contributed by atoms with E-state index in [-0.39, 0.29) is 29.5 Å². The van der Waals surface area contributed by atoms with Gasteiger partial charge < -0.3 is 26.0 Å². The molecule has 0 saturated heterocycles. The Morgan fingerprint density at radius 1 is 0.970 bits per heavy atom. The highest BCUT2D eigenvalue weighted by atomic mass is 35.5. The number of phenols is 2. The molecule has 3 aromatic carbocycles. The molecule has 0 unspecified atom stereocenters. The van der Waals surface area contributed by atoms with Crippen molar-refractivity contribution in [1.29, 1.82) is 0 Å². The third-order valence-corrected chi connectivity index (χ3v) is 5.54. The number of phenolic OH excluding ortho intramolecular Hbond substituents is 2. The molecule has 0 radical (unpaired) electrons. The Balaban J connectivity index is 1.57. The van der Waals surface area contributed by atoms with Gasteiger partial charge in [0.25, 0.3) is 5.91 Å². The van der Waals surface area contributed by atoms with Gasteiger partial charge in [-0.2, -0.15) is 0 Å². The summed E-state index contributed by atoms with van der Waals surface area (Å²) in [5.74, 6) is -0.361. The van der Waals surface area contributed by atoms with Crippen molar-refractivity contribution in [3.05, 3.63) is 94.0 Å². The van der Waals surface area contributed by atoms with Crippen LogP contribution in [0.2, 0.25) is 5.02 Å². The number of benzene rings is 3. The highest BCUT2D eigenvalue weighted by Crippen LogP contribution is 2.25. The number of halogens is 1. The number of aliphatic hydroxyl groups is 1. The average molecular weight is 469 g/mol. The molecule has 3 rings (SSSR count). The first kappa shape index (κ1) is 24.6. The Hall–Kier alpha value is -3.06. The van der Waals surface area contributed by atoms with E-state index < -0.39 is 6.10 Å². The number of aromatic hydroxyl groups is 2. The monoisotopic (exact) mass is 468 g/mol. The number of nitrogens with one attached hydrogen (secondary N) is 2. The number of aliphatic hydroxyl groups excluding tert-OH is 1. The second-order valence-corrected chi connectivity index (χ2v) is 9.19. The number of hydrogen-bond donors (Lipinski definition) is 5. The van der Waals surface area contributed by atoms with Crippen molar-refractivity contribution in [2.45, 2.75) is 38.5 Å². The lowest BCUT2D eigenvalue weighted by Gasteiger charge is -2.28. The third-order valence-electron chi connectivity index (χ3n) is 5.29. The lowest BCUT2D eigenvalue weighted by molar-refractivity contribution is 0.0950. The van der Waals surface area contributed by atoms with E-state index in [1.165, 1.54) is 18.2 Å². The van der Waals surface area contributed by atoms with Crippen molar-refractivity contribution in [1.82, 2.24) is 10.6 Å². The fourth-order valence-electron chi connectivity index (χ4n) is 3.58. The quantitative estimate of drug-likeness (QED) is 0.322. The van der Waals surface area contributed by atoms with Gasteiger partial charge in [0.05, 0.1) is 6.10 Å². The molecule has 0 fully saturated rings. The maximum Gasteiger partial charge on any atom is 0.251 e. The van der Waals surface area contributed by atoms with Gasteiger partial charge in [0.1, 0.15) is 11.5 Å². The zero-order chi connectivity index (χ0) is 24.0. The van der Waals surface area contributed by atoms with E-state index in [1.807, 2.05) is 44.2 Å². The van der Waals surface area contributed by atoms with Crippen molar-refractivity contribution in [2.24, 2.45) is 0 Å². The SMILES string of the molecule is CC(C)(Cc1cccc(C(=O)NCc2ccc(Cl)cc2)c1)NC[C@H](O)c1cc(O)cc(O)c1. The third kappa shape index (κ3) is 7.49. The summed E-state index contributed by atoms with van der Waals surface area (Å²) < 4.78 is 0. The van der Waals surface area contributed by atoms with Crippen molar-refractivity contribution < 1.29 is 20.1 Å². The maximum atomic E-state index is 12.6. The topological polar surface area (TPSA) is 102 Å². The number of hydrogen-bond acceptors (Lipinski definition) is 5. The van der Waals surface area contributed by atoms with Crippen LogP contribution in [0.25, 0.3) is 0 Å². The lowest BCUT2D eigenvalue weighted by Crippen LogP contribution is -2.43. The van der Waals surface area contributed by atoms with Gasteiger partial charge in [0.2, 0.25) is 0 Å². The summed E-state index contributed by atoms with van der Waals surface area (Å²) >= 11 is 5.90. The summed E-state index contributed by atoms with van der Waals surface area (Å²) in [5, 5.41) is 36.6. The zero-order valence-corrected chi connectivity index (χ0v) is 19.4. The fraction of sp³-hybridized carbons (Fsp3) is 0.269. The Morgan fingerprint density at radius 2 is 1.64 bits per heavy atom. The second kappa shape index (κ2) is 10.7. The molecule has 0 bridgehead atoms. The molecular weight excluding hydrogens is 440 g/mol. The molecule has 0 aliphatic rings. The number of rotatable bonds is 9. The molecule has 1 amide bonds. The van der Waals surface area contributed by atoms with Crippen molar-refractivity contribution in [3.8, 4) is 11.5 Å². The largest absolute Gasteiger partial charge is 0.508 e. The molecule has 33 heavy (non-hydrogen) atoms. The Morgan fingerprint density at radius 3 is 2.30 bits per heavy atom. The van der Waals surface area contributed by atoms with Gasteiger partial charge in [-0.25, -0.2) is 0 Å². The molecule has 0 aliphatic carbocycles. The normalized spacial score (nSPS) is 12.4. The average Bonchev–Trinajstić information content (AvgIpc) is 2.76. The standard InChI is InChI=1S/C26H29ClN2O4/c1-26(2,29-16-24(32)20-11-22(30)13-23(31)12-20)14-18-4-3-5-19(10-18)25(33)28-15-17-6-8-21(27)9-7-17/h3-13,24,29-32H,14-16H2,1-2H3,(H,28,33)/t24-/m0/s1. The van der Waals surface area contributed by atoms with Crippen LogP contribution < -0.4 is 10.6 Å². The second-order valence-electron chi connectivity index (χ2n) is 8.75. The highest BCUT2D eigenvalue weighted by Gasteiger charge is 2.21. The minimum Gasteiger partial charge on any atom is -0.508 e. The van der Waals surface area contributed by atoms with Gasteiger partial charge in [-0.15, -0.1) is 0 Å². The van der Waals surface area contributed by atoms with Crippen LogP contribution in [-0.2, 0) is 13.0 Å². The van der Waals surface area contributed by atoms with E-state index in [4.69, 9.17) is 11.6 Å². The van der Waals surface area contributed by atoms with Crippen LogP contribution in [0.3, 0.4) is 0 Å². The fourth-order valence-corrected chi connectivity index (χ4v) is 3.71. The minimum atomic E-state index is -0.896. The molecule has 6 nitrogen and oxygen atoms in total. The number of β-amino-alcohol motifs (C(OH)–C–C–N with tert-alkyl or cyclic N) is 1. The highest BCUT2D eigenvalue weighted by molar-refractivity contribution is 6.30. The first-order chi connectivity index (χ1) is 15.6. The van der Waals surface area contributed by atoms with Gasteiger partial charge in [-0.1, -0.05) is 35.9 Å². The smallest absolute Gasteiger partial charge is 0.251 e. The summed E-state index contributed by atoms with van der Waals surface area (Å²) in [6.45, 7) is 4.66. The zero-order valence-electron chi connectivity index (χ0n) is 18.7. The van der Waals surface area contributed by atoms with Gasteiger partial charge in [-0.05, 0) is 73.4 Å². The summed E-state index contributed by atoms with van der Waals surface area (Å²) in [5.41, 5.74) is 2.57. The first-order valence-corrected chi connectivity index (χ1v) is 11.1. The minimum absolute atomic E-state index is 0.102. The van der Waals surface area contributed by atoms with E-state index in [9.17, 15) is 20.1 Å². The Labute approximate surface area is 198 Å². The molecule has 0 spiro atoms. The predicted molar refractivity (Wildman–Crippen MR) is 130 cm³/mol. The first-order valence-electron chi connectivity index (χ1n) is 10.7. The van der Waals surface area contributed by atoms with Crippen molar-refractivity contribution >= 4 is 17.5 Å². The Bertz CT molecular complexity index is 1080. The van der Waals surface area contributed by atoms with Crippen LogP contribution in [0, 0.1) is 0 Å². The predicted octanol–water partition coefficient (Wildman–Crippen LogP) is 4.33. The summed E-state index contributed by atoms with van der Waals surface area (Å²) in [4.78, 5) is 12.6. The van der Waals surface area contributed by atoms with E-state index >= 15 is 0 Å². The van der Waals surface area contributed by atoms with Gasteiger partial charge >= 0.3 is 0 Å². The Kier molecular flexibility index (Phi) is 7.97. The van der Waals surface area contributed by atoms with E-state index in [0.717, 1.165) is 11.1 Å². The molecule has 1 atom stereocenters. The summed E-state index contributed by atoms with van der Waals surface area (Å²) in [7, 11) is 0. The molecule has 0 heterocycles. The van der Waals surface area contributed by atoms with E-state index in [1.54, 1.807) is 18.2 Å². The number of carbonyl (C=O) groups is 1. The molecule has 5 N–H and O–H groups in total. The van der Waals surface area contributed by atoms with Crippen LogP contribution in [0.1, 0.15) is 47.0 Å². The molecule has 0 saturated carbocycles. The van der Waals surface area contributed by atoms with E-state index in [2.05, 4.69) is 10.6 Å². The van der Waals surface area contributed by atoms with Gasteiger partial charge in [0.15, 0.2) is 0 Å². The number of carbonyl (C=O) groups excluding carboxylic acids is 1. The molecule has 7 heteroatoms. The van der Waals surface area contributed by atoms with Crippen LogP contribution in [0.5, 0.6) is 11.5 Å². The van der Waals surface area contributed by atoms with Gasteiger partial charge in [-0.3, -0.25) is 4.79 Å². The van der Waals surface area contributed by atoms with Crippen LogP contribution in [-0.4, -0.2) is 33.3 Å². The lowest BCUT2D eigenvalue weighted by atomic mass is 9.93. The molecule has 174 valence electrons. The molecule has 3 aromatic rings. The van der Waals surface area contributed by atoms with Crippen molar-refractivity contribution in [2.75, 3.05) is 6.54 Å². The summed E-state index contributed by atoms with van der Waals surface area (Å²) in [6.07, 6.45) is -0.268. The molecular formula is C26H29ClN2O4. The van der Waals surface area contributed by atoms with Crippen molar-refractivity contribution in [3.63, 3.8) is 0 Å². The molecule has 0 aromatic heterocycles. The van der Waals surface area contributed by atoms with Crippen LogP contribution in [0.4, 0.5) is 0 Å². The van der Waals surface area contributed by atoms with E-state index in [0.29, 0.717) is 29.1 Å². The molecule has 0 aliphatic heterocycles. The van der Waals surface area contributed by atoms with Crippen LogP contribution in [0.15, 0.2) is 66.7 Å². The number of amides is 1. The maximum absolute atomic E-state index is 12.6. The summed E-state index contributed by atoms with van der Waals surface area (Å²) in [6, 6.07) is 18.8. The van der Waals surface area contributed by atoms with Gasteiger partial charge in [0, 0.05) is 35.3 Å².